The van der Waals surface area contributed by atoms with Gasteiger partial charge >= 0.3 is 6.03 Å². The average Bonchev–Trinajstić information content (AvgIpc) is 3.36. The average molecular weight is 469 g/mol. The van der Waals surface area contributed by atoms with Crippen molar-refractivity contribution < 1.29 is 19.0 Å². The van der Waals surface area contributed by atoms with Crippen molar-refractivity contribution in [2.75, 3.05) is 71.1 Å². The number of nitrogens with one attached hydrogen (secondary N) is 2. The third-order valence-corrected chi connectivity index (χ3v) is 6.39. The maximum atomic E-state index is 12.3. The van der Waals surface area contributed by atoms with Crippen LogP contribution in [0.4, 0.5) is 10.5 Å². The topological polar surface area (TPSA) is 75.3 Å². The molecule has 0 radical (unpaired) electrons. The Morgan fingerprint density at radius 1 is 1.06 bits per heavy atom. The van der Waals surface area contributed by atoms with E-state index in [4.69, 9.17) is 14.2 Å². The van der Waals surface area contributed by atoms with Gasteiger partial charge in [0.25, 0.3) is 0 Å². The van der Waals surface area contributed by atoms with Gasteiger partial charge in [0, 0.05) is 57.6 Å². The van der Waals surface area contributed by atoms with Crippen LogP contribution < -0.4 is 25.0 Å². The Labute approximate surface area is 202 Å². The van der Waals surface area contributed by atoms with E-state index in [-0.39, 0.29) is 6.03 Å². The third kappa shape index (κ3) is 7.27. The van der Waals surface area contributed by atoms with E-state index in [0.29, 0.717) is 25.6 Å². The lowest BCUT2D eigenvalue weighted by atomic mass is 10.1. The van der Waals surface area contributed by atoms with Crippen molar-refractivity contribution in [2.24, 2.45) is 5.92 Å². The van der Waals surface area contributed by atoms with Gasteiger partial charge in [0.1, 0.15) is 18.1 Å². The fraction of sp³-hybridized carbons (Fsp3) is 0.500. The molecule has 2 heterocycles. The van der Waals surface area contributed by atoms with Crippen molar-refractivity contribution in [3.05, 3.63) is 54.1 Å². The highest BCUT2D eigenvalue weighted by Gasteiger charge is 2.23. The Kier molecular flexibility index (Phi) is 8.87. The molecule has 34 heavy (non-hydrogen) atoms. The van der Waals surface area contributed by atoms with Crippen LogP contribution in [0.3, 0.4) is 0 Å². The Balaban J connectivity index is 1.14. The molecule has 1 atom stereocenters. The lowest BCUT2D eigenvalue weighted by Crippen LogP contribution is -2.38. The van der Waals surface area contributed by atoms with E-state index in [1.807, 2.05) is 36.4 Å². The summed E-state index contributed by atoms with van der Waals surface area (Å²) in [6.45, 7) is 8.09. The lowest BCUT2D eigenvalue weighted by Gasteiger charge is -2.26. The minimum Gasteiger partial charge on any atom is -0.497 e. The minimum atomic E-state index is -0.140. The van der Waals surface area contributed by atoms with Crippen LogP contribution in [-0.4, -0.2) is 77.1 Å². The van der Waals surface area contributed by atoms with Crippen LogP contribution >= 0.6 is 0 Å². The summed E-state index contributed by atoms with van der Waals surface area (Å²) < 4.78 is 16.6. The molecule has 0 aromatic heterocycles. The summed E-state index contributed by atoms with van der Waals surface area (Å²) in [6.07, 6.45) is 1.06. The maximum absolute atomic E-state index is 12.3. The molecule has 2 aromatic carbocycles. The van der Waals surface area contributed by atoms with E-state index >= 15 is 0 Å². The summed E-state index contributed by atoms with van der Waals surface area (Å²) in [7, 11) is 1.68. The van der Waals surface area contributed by atoms with Crippen LogP contribution in [0.25, 0.3) is 0 Å². The predicted molar refractivity (Wildman–Crippen MR) is 133 cm³/mol. The first-order valence-corrected chi connectivity index (χ1v) is 12.1. The second-order valence-corrected chi connectivity index (χ2v) is 8.82. The van der Waals surface area contributed by atoms with Crippen molar-refractivity contribution in [1.82, 2.24) is 15.5 Å². The summed E-state index contributed by atoms with van der Waals surface area (Å²) in [4.78, 5) is 17.0. The molecule has 4 rings (SSSR count). The van der Waals surface area contributed by atoms with E-state index in [0.717, 1.165) is 69.4 Å². The molecule has 0 bridgehead atoms. The summed E-state index contributed by atoms with van der Waals surface area (Å²) in [6, 6.07) is 15.9. The SMILES string of the molecule is COc1cccc(N2CCC(CNC(=O)NCc3cccc(OCCN4CCOCC4)c3)C2)c1. The summed E-state index contributed by atoms with van der Waals surface area (Å²) in [5.74, 6) is 2.13. The second kappa shape index (κ2) is 12.5. The van der Waals surface area contributed by atoms with E-state index in [1.165, 1.54) is 5.69 Å². The van der Waals surface area contributed by atoms with Gasteiger partial charge in [-0.1, -0.05) is 18.2 Å². The first-order chi connectivity index (χ1) is 16.7. The molecule has 184 valence electrons. The molecule has 2 amide bonds. The smallest absolute Gasteiger partial charge is 0.315 e. The van der Waals surface area contributed by atoms with Gasteiger partial charge in [0.15, 0.2) is 0 Å². The zero-order chi connectivity index (χ0) is 23.6. The van der Waals surface area contributed by atoms with Gasteiger partial charge in [-0.15, -0.1) is 0 Å². The number of nitrogens with zero attached hydrogens (tertiary/aromatic N) is 2. The number of rotatable bonds is 10. The third-order valence-electron chi connectivity index (χ3n) is 6.39. The van der Waals surface area contributed by atoms with Crippen LogP contribution in [-0.2, 0) is 11.3 Å². The van der Waals surface area contributed by atoms with Gasteiger partial charge in [-0.05, 0) is 42.2 Å². The fourth-order valence-electron chi connectivity index (χ4n) is 4.39. The van der Waals surface area contributed by atoms with Crippen molar-refractivity contribution in [3.63, 3.8) is 0 Å². The number of amides is 2. The number of methoxy groups -OCH3 is 1. The highest BCUT2D eigenvalue weighted by Crippen LogP contribution is 2.26. The number of benzene rings is 2. The van der Waals surface area contributed by atoms with Crippen molar-refractivity contribution >= 4 is 11.7 Å². The number of carbonyl (C=O) groups is 1. The van der Waals surface area contributed by atoms with Crippen molar-refractivity contribution in [3.8, 4) is 11.5 Å². The van der Waals surface area contributed by atoms with E-state index < -0.39 is 0 Å². The molecule has 2 aromatic rings. The van der Waals surface area contributed by atoms with Crippen LogP contribution in [0.2, 0.25) is 0 Å². The molecule has 2 saturated heterocycles. The number of anilines is 1. The van der Waals surface area contributed by atoms with Gasteiger partial charge in [0.05, 0.1) is 20.3 Å². The number of hydrogen-bond donors (Lipinski definition) is 2. The van der Waals surface area contributed by atoms with Gasteiger partial charge in [-0.3, -0.25) is 4.90 Å². The second-order valence-electron chi connectivity index (χ2n) is 8.82. The zero-order valence-corrected chi connectivity index (χ0v) is 20.0. The van der Waals surface area contributed by atoms with Gasteiger partial charge in [0.2, 0.25) is 0 Å². The molecule has 2 aliphatic rings. The van der Waals surface area contributed by atoms with Crippen LogP contribution in [0.5, 0.6) is 11.5 Å². The molecular formula is C26H36N4O4. The van der Waals surface area contributed by atoms with Crippen LogP contribution in [0, 0.1) is 5.92 Å². The number of urea groups is 1. The first-order valence-electron chi connectivity index (χ1n) is 12.1. The number of carbonyl (C=O) groups excluding carboxylic acids is 1. The van der Waals surface area contributed by atoms with E-state index in [9.17, 15) is 4.79 Å². The molecular weight excluding hydrogens is 432 g/mol. The monoisotopic (exact) mass is 468 g/mol. The maximum Gasteiger partial charge on any atom is 0.315 e. The molecule has 0 aliphatic carbocycles. The largest absolute Gasteiger partial charge is 0.497 e. The number of hydrogen-bond acceptors (Lipinski definition) is 6. The molecule has 0 saturated carbocycles. The molecule has 0 spiro atoms. The van der Waals surface area contributed by atoms with Gasteiger partial charge in [-0.2, -0.15) is 0 Å². The summed E-state index contributed by atoms with van der Waals surface area (Å²) in [5.41, 5.74) is 2.18. The Morgan fingerprint density at radius 3 is 2.74 bits per heavy atom. The van der Waals surface area contributed by atoms with Crippen LogP contribution in [0.15, 0.2) is 48.5 Å². The quantitative estimate of drug-likeness (QED) is 0.559. The van der Waals surface area contributed by atoms with Gasteiger partial charge in [-0.25, -0.2) is 4.79 Å². The van der Waals surface area contributed by atoms with Gasteiger partial charge < -0.3 is 29.7 Å². The molecule has 8 nitrogen and oxygen atoms in total. The number of ether oxygens (including phenoxy) is 3. The first kappa shape index (κ1) is 24.2. The standard InChI is InChI=1S/C26H36N4O4/c1-32-24-6-3-5-23(17-24)30-9-8-22(20-30)19-28-26(31)27-18-21-4-2-7-25(16-21)34-15-12-29-10-13-33-14-11-29/h2-7,16-17,22H,8-15,18-20H2,1H3,(H2,27,28,31). The predicted octanol–water partition coefficient (Wildman–Crippen LogP) is 2.73. The molecule has 1 unspecified atom stereocenters. The minimum absolute atomic E-state index is 0.140. The normalized spacial score (nSPS) is 18.5. The Hall–Kier alpha value is -2.97. The van der Waals surface area contributed by atoms with E-state index in [2.05, 4.69) is 32.6 Å². The fourth-order valence-corrected chi connectivity index (χ4v) is 4.39. The molecule has 2 aliphatic heterocycles. The number of morpholine rings is 1. The lowest BCUT2D eigenvalue weighted by molar-refractivity contribution is 0.0322. The zero-order valence-electron chi connectivity index (χ0n) is 20.0. The molecule has 8 heteroatoms. The van der Waals surface area contributed by atoms with E-state index in [1.54, 1.807) is 7.11 Å². The molecule has 2 fully saturated rings. The van der Waals surface area contributed by atoms with Crippen molar-refractivity contribution in [2.45, 2.75) is 13.0 Å². The summed E-state index contributed by atoms with van der Waals surface area (Å²) in [5, 5.41) is 5.98. The Morgan fingerprint density at radius 2 is 1.88 bits per heavy atom. The highest BCUT2D eigenvalue weighted by molar-refractivity contribution is 5.73. The Bertz CT molecular complexity index is 919. The highest BCUT2D eigenvalue weighted by atomic mass is 16.5. The molecule has 2 N–H and O–H groups in total. The summed E-state index contributed by atoms with van der Waals surface area (Å²) >= 11 is 0. The van der Waals surface area contributed by atoms with Crippen molar-refractivity contribution in [1.29, 1.82) is 0 Å². The van der Waals surface area contributed by atoms with Crippen LogP contribution in [0.1, 0.15) is 12.0 Å².